The van der Waals surface area contributed by atoms with Crippen molar-refractivity contribution in [3.05, 3.63) is 24.3 Å². The van der Waals surface area contributed by atoms with Crippen molar-refractivity contribution >= 4 is 13.3 Å². The molecule has 0 aliphatic carbocycles. The summed E-state index contributed by atoms with van der Waals surface area (Å²) in [7, 11) is -0.981. The van der Waals surface area contributed by atoms with E-state index in [4.69, 9.17) is 0 Å². The first kappa shape index (κ1) is 18.5. The van der Waals surface area contributed by atoms with E-state index < -0.39 is 8.07 Å². The van der Waals surface area contributed by atoms with Crippen LogP contribution >= 0.6 is 0 Å². The summed E-state index contributed by atoms with van der Waals surface area (Å²) in [5, 5.41) is 1.56. The zero-order valence-corrected chi connectivity index (χ0v) is 11.4. The van der Waals surface area contributed by atoms with Crippen molar-refractivity contribution < 1.29 is 43.4 Å². The van der Waals surface area contributed by atoms with Crippen molar-refractivity contribution in [1.29, 1.82) is 0 Å². The van der Waals surface area contributed by atoms with Crippen molar-refractivity contribution in [1.82, 2.24) is 0 Å². The Balaban J connectivity index is -0.000000270. The molecule has 4 heteroatoms. The molecule has 1 aromatic rings. The van der Waals surface area contributed by atoms with E-state index >= 15 is 0 Å². The molecule has 1 radical (unpaired) electrons. The van der Waals surface area contributed by atoms with Crippen LogP contribution in [0.25, 0.3) is 0 Å². The Bertz CT molecular complexity index is 179. The van der Waals surface area contributed by atoms with Gasteiger partial charge in [-0.25, -0.2) is 12.1 Å². The maximum atomic E-state index is 2.36. The van der Waals surface area contributed by atoms with Crippen molar-refractivity contribution in [3.8, 4) is 0 Å². The molecule has 0 unspecified atom stereocenters. The van der Waals surface area contributed by atoms with Crippen LogP contribution in [-0.4, -0.2) is 8.07 Å². The van der Waals surface area contributed by atoms with Gasteiger partial charge in [-0.15, -0.1) is 0 Å². The topological polar surface area (TPSA) is 0 Å². The van der Waals surface area contributed by atoms with Gasteiger partial charge in [0.1, 0.15) is 0 Å². The largest absolute Gasteiger partial charge is 2.00 e. The van der Waals surface area contributed by atoms with Gasteiger partial charge in [-0.3, -0.25) is 0 Å². The van der Waals surface area contributed by atoms with Crippen LogP contribution in [0.2, 0.25) is 19.6 Å². The summed E-state index contributed by atoms with van der Waals surface area (Å²) >= 11 is 0. The average molecular weight is 259 g/mol. The normalized spacial score (nSPS) is 8.92. The molecule has 0 spiro atoms. The summed E-state index contributed by atoms with van der Waals surface area (Å²) in [5.41, 5.74) is 0. The first-order valence-electron chi connectivity index (χ1n) is 3.33. The van der Waals surface area contributed by atoms with Crippen molar-refractivity contribution in [3.63, 3.8) is 0 Å². The van der Waals surface area contributed by atoms with E-state index in [0.717, 1.165) is 0 Å². The van der Waals surface area contributed by atoms with Crippen LogP contribution in [0.4, 0.5) is 0 Å². The molecule has 0 N–H and O–H groups in total. The molecular weight excluding hydrogens is 246 g/mol. The summed E-state index contributed by atoms with van der Waals surface area (Å²) in [5.74, 6) is 0. The van der Waals surface area contributed by atoms with Gasteiger partial charge in [0.05, 0.1) is 0 Å². The average Bonchev–Trinajstić information content (AvgIpc) is 2.08. The first-order chi connectivity index (χ1) is 4.11. The molecule has 12 heavy (non-hydrogen) atoms. The third-order valence-corrected chi connectivity index (χ3v) is 3.59. The molecule has 0 saturated carbocycles. The molecule has 0 bridgehead atoms. The Kier molecular flexibility index (Phi) is 11.0. The first-order valence-corrected chi connectivity index (χ1v) is 6.83. The maximum Gasteiger partial charge on any atom is 2.00 e. The molecule has 0 nitrogen and oxygen atoms in total. The van der Waals surface area contributed by atoms with Gasteiger partial charge < -0.3 is 24.8 Å². The zero-order chi connectivity index (χ0) is 6.91. The van der Waals surface area contributed by atoms with Crippen molar-refractivity contribution in [2.24, 2.45) is 0 Å². The summed E-state index contributed by atoms with van der Waals surface area (Å²) < 4.78 is 0. The second-order valence-corrected chi connectivity index (χ2v) is 8.50. The Morgan fingerprint density at radius 2 is 1.25 bits per heavy atom. The fraction of sp³-hybridized carbons (Fsp3) is 0.375. The molecule has 0 amide bonds. The second-order valence-electron chi connectivity index (χ2n) is 3.42. The second kappa shape index (κ2) is 7.17. The summed E-state index contributed by atoms with van der Waals surface area (Å²) in [6.07, 6.45) is 0. The van der Waals surface area contributed by atoms with Gasteiger partial charge in [0.2, 0.25) is 0 Å². The third-order valence-electron chi connectivity index (χ3n) is 1.53. The fourth-order valence-electron chi connectivity index (χ4n) is 0.874. The van der Waals surface area contributed by atoms with Crippen LogP contribution in [0.15, 0.2) is 24.3 Å². The van der Waals surface area contributed by atoms with E-state index in [1.54, 1.807) is 5.19 Å². The van der Waals surface area contributed by atoms with Crippen LogP contribution < -0.4 is 30.0 Å². The molecular formula is C8H13Cl2SiV-. The van der Waals surface area contributed by atoms with E-state index in [-0.39, 0.29) is 43.4 Å². The zero-order valence-electron chi connectivity index (χ0n) is 7.51. The van der Waals surface area contributed by atoms with Gasteiger partial charge in [-0.05, 0) is 0 Å². The van der Waals surface area contributed by atoms with Gasteiger partial charge >= 0.3 is 18.6 Å². The monoisotopic (exact) mass is 258 g/mol. The smallest absolute Gasteiger partial charge is 1.00 e. The summed E-state index contributed by atoms with van der Waals surface area (Å²) in [6, 6.07) is 8.69. The predicted octanol–water partition coefficient (Wildman–Crippen LogP) is -4.04. The van der Waals surface area contributed by atoms with Gasteiger partial charge in [0, 0.05) is 8.07 Å². The van der Waals surface area contributed by atoms with Crippen LogP contribution in [0.1, 0.15) is 0 Å². The van der Waals surface area contributed by atoms with Gasteiger partial charge in [-0.1, -0.05) is 19.6 Å². The van der Waals surface area contributed by atoms with Crippen LogP contribution in [-0.2, 0) is 18.6 Å². The molecule has 0 aliphatic rings. The molecule has 0 saturated heterocycles. The number of rotatable bonds is 1. The number of halogens is 2. The Labute approximate surface area is 100 Å². The van der Waals surface area contributed by atoms with E-state index in [0.29, 0.717) is 0 Å². The van der Waals surface area contributed by atoms with E-state index in [9.17, 15) is 0 Å². The molecule has 1 rings (SSSR count). The van der Waals surface area contributed by atoms with Crippen LogP contribution in [0, 0.1) is 0 Å². The van der Waals surface area contributed by atoms with Gasteiger partial charge in [-0.2, -0.15) is 17.3 Å². The molecule has 1 aromatic carbocycles. The van der Waals surface area contributed by atoms with Crippen molar-refractivity contribution in [2.75, 3.05) is 0 Å². The molecule has 0 aliphatic heterocycles. The Hall–Kier alpha value is 0.731. The van der Waals surface area contributed by atoms with E-state index in [2.05, 4.69) is 43.9 Å². The summed E-state index contributed by atoms with van der Waals surface area (Å²) in [6.45, 7) is 7.09. The molecule has 0 atom stereocenters. The standard InChI is InChI=1S/C8H13Si.2ClH.V/c1-9(2,3)8-6-4-5-7-8;;;/h4-7H,1-3H3;2*1H;/q-1;;;+2/p-2. The quantitative estimate of drug-likeness (QED) is 0.356. The maximum absolute atomic E-state index is 2.36. The van der Waals surface area contributed by atoms with Gasteiger partial charge in [0.25, 0.3) is 0 Å². The van der Waals surface area contributed by atoms with E-state index in [1.165, 1.54) is 0 Å². The van der Waals surface area contributed by atoms with Crippen molar-refractivity contribution in [2.45, 2.75) is 19.6 Å². The third kappa shape index (κ3) is 5.39. The Morgan fingerprint density at radius 1 is 0.917 bits per heavy atom. The number of hydrogen-bond acceptors (Lipinski definition) is 0. The van der Waals surface area contributed by atoms with Crippen LogP contribution in [0.3, 0.4) is 0 Å². The SMILES string of the molecule is C[Si](C)(C)[c-]1cccc1.[Cl-].[Cl-].[V+2]. The minimum atomic E-state index is -0.981. The predicted molar refractivity (Wildman–Crippen MR) is 45.0 cm³/mol. The summed E-state index contributed by atoms with van der Waals surface area (Å²) in [4.78, 5) is 0. The molecule has 0 aromatic heterocycles. The van der Waals surface area contributed by atoms with Gasteiger partial charge in [0.15, 0.2) is 0 Å². The minimum absolute atomic E-state index is 0. The molecule has 0 heterocycles. The minimum Gasteiger partial charge on any atom is -1.00 e. The fourth-order valence-corrected chi connectivity index (χ4v) is 2.07. The molecule has 0 fully saturated rings. The molecule has 69 valence electrons. The van der Waals surface area contributed by atoms with E-state index in [1.807, 2.05) is 0 Å². The Morgan fingerprint density at radius 3 is 1.42 bits per heavy atom. The number of hydrogen-bond donors (Lipinski definition) is 0. The van der Waals surface area contributed by atoms with Crippen LogP contribution in [0.5, 0.6) is 0 Å².